The molecule has 0 unspecified atom stereocenters. The Morgan fingerprint density at radius 2 is 1.86 bits per heavy atom. The fourth-order valence-electron chi connectivity index (χ4n) is 1.20. The lowest BCUT2D eigenvalue weighted by molar-refractivity contribution is 0.632. The number of aromatic nitrogens is 2. The molecule has 1 aromatic heterocycles. The van der Waals surface area contributed by atoms with Crippen LogP contribution < -0.4 is 5.73 Å². The summed E-state index contributed by atoms with van der Waals surface area (Å²) in [5.74, 6) is -0.361. The molecule has 1 aromatic carbocycles. The molecule has 0 bridgehead atoms. The maximum atomic E-state index is 13.4. The van der Waals surface area contributed by atoms with Crippen LogP contribution in [-0.4, -0.2) is 9.97 Å². The third kappa shape index (κ3) is 1.54. The molecule has 1 heterocycles. The fourth-order valence-corrected chi connectivity index (χ4v) is 1.20. The summed E-state index contributed by atoms with van der Waals surface area (Å²) in [7, 11) is 0. The van der Waals surface area contributed by atoms with Gasteiger partial charge >= 0.3 is 0 Å². The van der Waals surface area contributed by atoms with E-state index in [-0.39, 0.29) is 5.82 Å². The lowest BCUT2D eigenvalue weighted by atomic mass is 10.1. The fraction of sp³-hybridized carbons (Fsp3) is 0. The molecule has 0 saturated carbocycles. The number of benzene rings is 1. The summed E-state index contributed by atoms with van der Waals surface area (Å²) in [5.41, 5.74) is 6.94. The molecule has 70 valence electrons. The van der Waals surface area contributed by atoms with Gasteiger partial charge in [0.15, 0.2) is 0 Å². The molecule has 0 fully saturated rings. The summed E-state index contributed by atoms with van der Waals surface area (Å²) < 4.78 is 13.4. The minimum Gasteiger partial charge on any atom is -0.399 e. The van der Waals surface area contributed by atoms with Crippen LogP contribution in [0.4, 0.5) is 10.1 Å². The number of anilines is 1. The van der Waals surface area contributed by atoms with Crippen molar-refractivity contribution in [3.05, 3.63) is 42.7 Å². The summed E-state index contributed by atoms with van der Waals surface area (Å²) in [5, 5.41) is 0. The first-order valence-corrected chi connectivity index (χ1v) is 4.08. The van der Waals surface area contributed by atoms with Crippen LogP contribution in [0.25, 0.3) is 11.1 Å². The number of nitrogens with two attached hydrogens (primary N) is 1. The molecule has 2 N–H and O–H groups in total. The van der Waals surface area contributed by atoms with Crippen LogP contribution in [0.2, 0.25) is 0 Å². The van der Waals surface area contributed by atoms with Gasteiger partial charge in [0.1, 0.15) is 12.1 Å². The standard InChI is InChI=1S/C10H8FN3/c11-10-3-8(12)1-2-9(10)7-4-13-6-14-5-7/h1-6H,12H2. The Balaban J connectivity index is 2.53. The SMILES string of the molecule is Nc1ccc(-c2cncnc2)c(F)c1. The quantitative estimate of drug-likeness (QED) is 0.696. The Labute approximate surface area is 80.4 Å². The molecule has 0 spiro atoms. The Kier molecular flexibility index (Phi) is 2.10. The van der Waals surface area contributed by atoms with Crippen LogP contribution in [0.1, 0.15) is 0 Å². The molecule has 0 amide bonds. The van der Waals surface area contributed by atoms with Gasteiger partial charge in [0, 0.05) is 29.2 Å². The van der Waals surface area contributed by atoms with Crippen molar-refractivity contribution in [2.45, 2.75) is 0 Å². The summed E-state index contributed by atoms with van der Waals surface area (Å²) in [6.45, 7) is 0. The van der Waals surface area contributed by atoms with Crippen LogP contribution in [0.5, 0.6) is 0 Å². The molecule has 3 nitrogen and oxygen atoms in total. The molecule has 0 aliphatic heterocycles. The Hall–Kier alpha value is -1.97. The monoisotopic (exact) mass is 189 g/mol. The molecule has 0 atom stereocenters. The van der Waals surface area contributed by atoms with Gasteiger partial charge < -0.3 is 5.73 Å². The predicted molar refractivity (Wildman–Crippen MR) is 51.8 cm³/mol. The minimum absolute atomic E-state index is 0.361. The van der Waals surface area contributed by atoms with Crippen LogP contribution in [0.15, 0.2) is 36.9 Å². The Morgan fingerprint density at radius 3 is 2.50 bits per heavy atom. The normalized spacial score (nSPS) is 10.1. The van der Waals surface area contributed by atoms with E-state index in [2.05, 4.69) is 9.97 Å². The summed E-state index contributed by atoms with van der Waals surface area (Å²) in [4.78, 5) is 7.63. The minimum atomic E-state index is -0.361. The molecule has 2 aromatic rings. The van der Waals surface area contributed by atoms with Crippen molar-refractivity contribution in [2.75, 3.05) is 5.73 Å². The highest BCUT2D eigenvalue weighted by molar-refractivity contribution is 5.64. The van der Waals surface area contributed by atoms with Gasteiger partial charge in [-0.1, -0.05) is 0 Å². The molecule has 2 rings (SSSR count). The average Bonchev–Trinajstić information content (AvgIpc) is 2.19. The maximum Gasteiger partial charge on any atom is 0.133 e. The molecule has 0 aliphatic rings. The first-order valence-electron chi connectivity index (χ1n) is 4.08. The number of rotatable bonds is 1. The zero-order valence-corrected chi connectivity index (χ0v) is 7.31. The molecule has 14 heavy (non-hydrogen) atoms. The van der Waals surface area contributed by atoms with Crippen molar-refractivity contribution in [2.24, 2.45) is 0 Å². The molecular weight excluding hydrogens is 181 g/mol. The lowest BCUT2D eigenvalue weighted by Gasteiger charge is -2.02. The number of nitrogen functional groups attached to an aromatic ring is 1. The van der Waals surface area contributed by atoms with Gasteiger partial charge in [-0.25, -0.2) is 14.4 Å². The van der Waals surface area contributed by atoms with E-state index in [1.54, 1.807) is 24.5 Å². The first kappa shape index (κ1) is 8.62. The Morgan fingerprint density at radius 1 is 1.14 bits per heavy atom. The Bertz CT molecular complexity index is 442. The smallest absolute Gasteiger partial charge is 0.133 e. The first-order chi connectivity index (χ1) is 6.77. The van der Waals surface area contributed by atoms with E-state index in [1.807, 2.05) is 0 Å². The van der Waals surface area contributed by atoms with Crippen LogP contribution in [-0.2, 0) is 0 Å². The van der Waals surface area contributed by atoms with Crippen LogP contribution in [0.3, 0.4) is 0 Å². The number of hydrogen-bond donors (Lipinski definition) is 1. The molecular formula is C10H8FN3. The molecule has 0 radical (unpaired) electrons. The largest absolute Gasteiger partial charge is 0.399 e. The van der Waals surface area contributed by atoms with Crippen LogP contribution in [0, 0.1) is 5.82 Å². The second kappa shape index (κ2) is 3.41. The van der Waals surface area contributed by atoms with Gasteiger partial charge in [0.25, 0.3) is 0 Å². The van der Waals surface area contributed by atoms with E-state index in [1.165, 1.54) is 12.4 Å². The van der Waals surface area contributed by atoms with Gasteiger partial charge in [-0.2, -0.15) is 0 Å². The van der Waals surface area contributed by atoms with Gasteiger partial charge in [-0.15, -0.1) is 0 Å². The van der Waals surface area contributed by atoms with E-state index in [4.69, 9.17) is 5.73 Å². The lowest BCUT2D eigenvalue weighted by Crippen LogP contribution is -1.90. The van der Waals surface area contributed by atoms with E-state index >= 15 is 0 Å². The second-order valence-corrected chi connectivity index (χ2v) is 2.87. The van der Waals surface area contributed by atoms with Gasteiger partial charge in [-0.3, -0.25) is 0 Å². The van der Waals surface area contributed by atoms with Gasteiger partial charge in [0.2, 0.25) is 0 Å². The summed E-state index contributed by atoms with van der Waals surface area (Å²) in [6, 6.07) is 4.54. The topological polar surface area (TPSA) is 51.8 Å². The van der Waals surface area contributed by atoms with E-state index in [0.29, 0.717) is 16.8 Å². The van der Waals surface area contributed by atoms with E-state index in [9.17, 15) is 4.39 Å². The zero-order chi connectivity index (χ0) is 9.97. The van der Waals surface area contributed by atoms with Crippen molar-refractivity contribution in [3.63, 3.8) is 0 Å². The molecule has 0 aliphatic carbocycles. The van der Waals surface area contributed by atoms with Crippen molar-refractivity contribution in [3.8, 4) is 11.1 Å². The molecule has 4 heteroatoms. The number of nitrogens with zero attached hydrogens (tertiary/aromatic N) is 2. The van der Waals surface area contributed by atoms with E-state index < -0.39 is 0 Å². The summed E-state index contributed by atoms with van der Waals surface area (Å²) in [6.07, 6.45) is 4.52. The third-order valence-corrected chi connectivity index (χ3v) is 1.86. The van der Waals surface area contributed by atoms with E-state index in [0.717, 1.165) is 0 Å². The average molecular weight is 189 g/mol. The second-order valence-electron chi connectivity index (χ2n) is 2.87. The van der Waals surface area contributed by atoms with Gasteiger partial charge in [-0.05, 0) is 18.2 Å². The highest BCUT2D eigenvalue weighted by Gasteiger charge is 2.04. The highest BCUT2D eigenvalue weighted by atomic mass is 19.1. The maximum absolute atomic E-state index is 13.4. The number of halogens is 1. The van der Waals surface area contributed by atoms with Crippen LogP contribution >= 0.6 is 0 Å². The molecule has 0 saturated heterocycles. The highest BCUT2D eigenvalue weighted by Crippen LogP contribution is 2.22. The van der Waals surface area contributed by atoms with Gasteiger partial charge in [0.05, 0.1) is 0 Å². The zero-order valence-electron chi connectivity index (χ0n) is 7.31. The van der Waals surface area contributed by atoms with Crippen molar-refractivity contribution in [1.82, 2.24) is 9.97 Å². The number of hydrogen-bond acceptors (Lipinski definition) is 3. The van der Waals surface area contributed by atoms with Crippen molar-refractivity contribution in [1.29, 1.82) is 0 Å². The third-order valence-electron chi connectivity index (χ3n) is 1.86. The predicted octanol–water partition coefficient (Wildman–Crippen LogP) is 1.86. The summed E-state index contributed by atoms with van der Waals surface area (Å²) >= 11 is 0. The van der Waals surface area contributed by atoms with Crippen molar-refractivity contribution >= 4 is 5.69 Å². The van der Waals surface area contributed by atoms with Crippen molar-refractivity contribution < 1.29 is 4.39 Å².